The average Bonchev–Trinajstić information content (AvgIpc) is 2.57. The third-order valence-corrected chi connectivity index (χ3v) is 5.31. The van der Waals surface area contributed by atoms with Crippen molar-refractivity contribution in [2.45, 2.75) is 32.7 Å². The number of rotatable bonds is 3. The molecule has 3 rings (SSSR count). The van der Waals surface area contributed by atoms with Crippen molar-refractivity contribution >= 4 is 11.7 Å². The Hall–Kier alpha value is -1.88. The van der Waals surface area contributed by atoms with E-state index in [1.807, 2.05) is 24.0 Å². The number of carbonyl (C=O) groups excluding carboxylic acids is 2. The van der Waals surface area contributed by atoms with E-state index in [4.69, 9.17) is 0 Å². The first-order valence-electron chi connectivity index (χ1n) is 8.83. The van der Waals surface area contributed by atoms with E-state index in [1.54, 1.807) is 12.1 Å². The molecule has 5 heteroatoms. The number of phenolic OH excluding ortho intramolecular Hbond substituents is 1. The van der Waals surface area contributed by atoms with Crippen molar-refractivity contribution in [2.24, 2.45) is 11.8 Å². The minimum atomic E-state index is 0.0198. The summed E-state index contributed by atoms with van der Waals surface area (Å²) in [5.41, 5.74) is 1.17. The van der Waals surface area contributed by atoms with Gasteiger partial charge in [0.1, 0.15) is 11.5 Å². The molecule has 24 heavy (non-hydrogen) atoms. The molecule has 1 aromatic carbocycles. The third-order valence-electron chi connectivity index (χ3n) is 5.31. The van der Waals surface area contributed by atoms with Crippen LogP contribution in [0.15, 0.2) is 24.3 Å². The predicted molar refractivity (Wildman–Crippen MR) is 91.5 cm³/mol. The quantitative estimate of drug-likeness (QED) is 0.921. The van der Waals surface area contributed by atoms with Crippen molar-refractivity contribution in [1.29, 1.82) is 0 Å². The number of carbonyl (C=O) groups is 2. The molecule has 1 heterocycles. The smallest absolute Gasteiger partial charge is 0.226 e. The molecule has 5 nitrogen and oxygen atoms in total. The first kappa shape index (κ1) is 17.0. The molecule has 2 unspecified atom stereocenters. The van der Waals surface area contributed by atoms with Gasteiger partial charge >= 0.3 is 0 Å². The molecule has 1 saturated carbocycles. The van der Waals surface area contributed by atoms with Gasteiger partial charge in [-0.2, -0.15) is 0 Å². The van der Waals surface area contributed by atoms with Crippen molar-refractivity contribution in [1.82, 2.24) is 9.80 Å². The number of Topliss-reactive ketones (excluding diaryl/α,β-unsaturated/α-hetero) is 1. The molecule has 0 aromatic heterocycles. The Bertz CT molecular complexity index is 591. The van der Waals surface area contributed by atoms with Gasteiger partial charge in [-0.25, -0.2) is 0 Å². The zero-order chi connectivity index (χ0) is 17.1. The lowest BCUT2D eigenvalue weighted by molar-refractivity contribution is -0.141. The van der Waals surface area contributed by atoms with Crippen LogP contribution in [0.2, 0.25) is 0 Å². The number of amides is 1. The summed E-state index contributed by atoms with van der Waals surface area (Å²) in [5, 5.41) is 9.34. The first-order valence-corrected chi connectivity index (χ1v) is 8.83. The lowest BCUT2D eigenvalue weighted by Gasteiger charge is -2.38. The summed E-state index contributed by atoms with van der Waals surface area (Å²) in [7, 11) is 0. The molecule has 2 fully saturated rings. The van der Waals surface area contributed by atoms with Gasteiger partial charge in [-0.1, -0.05) is 19.1 Å². The topological polar surface area (TPSA) is 60.9 Å². The molecule has 0 spiro atoms. The van der Waals surface area contributed by atoms with E-state index in [-0.39, 0.29) is 23.5 Å². The molecule has 2 aliphatic rings. The van der Waals surface area contributed by atoms with Crippen LogP contribution in [0.3, 0.4) is 0 Å². The predicted octanol–water partition coefficient (Wildman–Crippen LogP) is 2.04. The van der Waals surface area contributed by atoms with Crippen LogP contribution in [0.5, 0.6) is 5.75 Å². The molecule has 1 saturated heterocycles. The summed E-state index contributed by atoms with van der Waals surface area (Å²) in [6, 6.07) is 7.29. The number of aromatic hydroxyl groups is 1. The maximum Gasteiger partial charge on any atom is 0.226 e. The molecule has 1 aliphatic heterocycles. The normalized spacial score (nSPS) is 25.7. The second kappa shape index (κ2) is 7.34. The van der Waals surface area contributed by atoms with Crippen molar-refractivity contribution in [3.63, 3.8) is 0 Å². The minimum absolute atomic E-state index is 0.0198. The Morgan fingerprint density at radius 2 is 1.83 bits per heavy atom. The van der Waals surface area contributed by atoms with Gasteiger partial charge in [0.25, 0.3) is 0 Å². The van der Waals surface area contributed by atoms with Crippen LogP contribution < -0.4 is 0 Å². The van der Waals surface area contributed by atoms with Crippen LogP contribution in [-0.4, -0.2) is 52.8 Å². The Morgan fingerprint density at radius 1 is 1.17 bits per heavy atom. The van der Waals surface area contributed by atoms with E-state index in [0.717, 1.165) is 32.7 Å². The molecular weight excluding hydrogens is 304 g/mol. The van der Waals surface area contributed by atoms with E-state index < -0.39 is 0 Å². The number of nitrogens with zero attached hydrogens (tertiary/aromatic N) is 2. The van der Waals surface area contributed by atoms with E-state index in [9.17, 15) is 14.7 Å². The van der Waals surface area contributed by atoms with Gasteiger partial charge in [0.2, 0.25) is 5.91 Å². The van der Waals surface area contributed by atoms with Crippen molar-refractivity contribution in [3.05, 3.63) is 29.8 Å². The summed E-state index contributed by atoms with van der Waals surface area (Å²) >= 11 is 0. The average molecular weight is 330 g/mol. The summed E-state index contributed by atoms with van der Waals surface area (Å²) in [4.78, 5) is 28.6. The SMILES string of the molecule is CC1CC(=O)CCC1C(=O)N1CCN(Cc2ccc(O)cc2)CC1. The zero-order valence-electron chi connectivity index (χ0n) is 14.3. The van der Waals surface area contributed by atoms with Gasteiger partial charge < -0.3 is 10.0 Å². The second-order valence-electron chi connectivity index (χ2n) is 7.13. The van der Waals surface area contributed by atoms with Gasteiger partial charge in [-0.15, -0.1) is 0 Å². The highest BCUT2D eigenvalue weighted by Crippen LogP contribution is 2.29. The van der Waals surface area contributed by atoms with Crippen molar-refractivity contribution in [2.75, 3.05) is 26.2 Å². The van der Waals surface area contributed by atoms with Crippen molar-refractivity contribution in [3.8, 4) is 5.75 Å². The Balaban J connectivity index is 1.50. The molecule has 1 amide bonds. The van der Waals surface area contributed by atoms with E-state index in [1.165, 1.54) is 5.56 Å². The summed E-state index contributed by atoms with van der Waals surface area (Å²) in [6.07, 6.45) is 1.82. The highest BCUT2D eigenvalue weighted by atomic mass is 16.3. The van der Waals surface area contributed by atoms with Crippen LogP contribution >= 0.6 is 0 Å². The van der Waals surface area contributed by atoms with Crippen LogP contribution in [0.1, 0.15) is 31.7 Å². The lowest BCUT2D eigenvalue weighted by atomic mass is 9.79. The van der Waals surface area contributed by atoms with Crippen LogP contribution in [0.25, 0.3) is 0 Å². The third kappa shape index (κ3) is 3.96. The number of benzene rings is 1. The maximum atomic E-state index is 12.7. The second-order valence-corrected chi connectivity index (χ2v) is 7.13. The maximum absolute atomic E-state index is 12.7. The number of ketones is 1. The fourth-order valence-corrected chi connectivity index (χ4v) is 3.79. The molecule has 0 radical (unpaired) electrons. The largest absolute Gasteiger partial charge is 0.508 e. The fourth-order valence-electron chi connectivity index (χ4n) is 3.79. The minimum Gasteiger partial charge on any atom is -0.508 e. The Kier molecular flexibility index (Phi) is 5.19. The van der Waals surface area contributed by atoms with Gasteiger partial charge in [0.05, 0.1) is 0 Å². The van der Waals surface area contributed by atoms with Crippen LogP contribution in [0, 0.1) is 11.8 Å². The summed E-state index contributed by atoms with van der Waals surface area (Å²) < 4.78 is 0. The van der Waals surface area contributed by atoms with E-state index >= 15 is 0 Å². The fraction of sp³-hybridized carbons (Fsp3) is 0.579. The van der Waals surface area contributed by atoms with Gasteiger partial charge in [-0.05, 0) is 30.0 Å². The lowest BCUT2D eigenvalue weighted by Crippen LogP contribution is -2.51. The monoisotopic (exact) mass is 330 g/mol. The molecular formula is C19H26N2O3. The molecule has 1 aliphatic carbocycles. The molecule has 130 valence electrons. The number of hydrogen-bond acceptors (Lipinski definition) is 4. The summed E-state index contributed by atoms with van der Waals surface area (Å²) in [5.74, 6) is 1.01. The van der Waals surface area contributed by atoms with Crippen LogP contribution in [-0.2, 0) is 16.1 Å². The highest BCUT2D eigenvalue weighted by molar-refractivity contribution is 5.85. The molecule has 0 bridgehead atoms. The molecule has 1 aromatic rings. The molecule has 1 N–H and O–H groups in total. The van der Waals surface area contributed by atoms with Gasteiger partial charge in [-0.3, -0.25) is 14.5 Å². The van der Waals surface area contributed by atoms with Gasteiger partial charge in [0.15, 0.2) is 0 Å². The first-order chi connectivity index (χ1) is 11.5. The van der Waals surface area contributed by atoms with Crippen molar-refractivity contribution < 1.29 is 14.7 Å². The Morgan fingerprint density at radius 3 is 2.46 bits per heavy atom. The Labute approximate surface area is 143 Å². The van der Waals surface area contributed by atoms with Crippen LogP contribution in [0.4, 0.5) is 0 Å². The van der Waals surface area contributed by atoms with Gasteiger partial charge in [0, 0.05) is 51.5 Å². The standard InChI is InChI=1S/C19H26N2O3/c1-14-12-17(23)6-7-18(14)19(24)21-10-8-20(9-11-21)13-15-2-4-16(22)5-3-15/h2-5,14,18,22H,6-13H2,1H3. The van der Waals surface area contributed by atoms with E-state index in [2.05, 4.69) is 4.90 Å². The number of hydrogen-bond donors (Lipinski definition) is 1. The highest BCUT2D eigenvalue weighted by Gasteiger charge is 2.34. The van der Waals surface area contributed by atoms with E-state index in [0.29, 0.717) is 25.0 Å². The molecule has 2 atom stereocenters. The number of piperazine rings is 1. The zero-order valence-corrected chi connectivity index (χ0v) is 14.3. The number of phenols is 1. The summed E-state index contributed by atoms with van der Waals surface area (Å²) in [6.45, 7) is 6.12.